The molecule has 0 saturated carbocycles. The first-order chi connectivity index (χ1) is 4.93. The molecule has 0 aliphatic heterocycles. The van der Waals surface area contributed by atoms with Crippen molar-refractivity contribution in [1.82, 2.24) is 0 Å². The van der Waals surface area contributed by atoms with E-state index in [9.17, 15) is 0 Å². The van der Waals surface area contributed by atoms with Crippen molar-refractivity contribution >= 4 is 17.4 Å². The van der Waals surface area contributed by atoms with Gasteiger partial charge in [-0.05, 0) is 22.4 Å². The van der Waals surface area contributed by atoms with Crippen LogP contribution in [0, 0.1) is 11.3 Å². The van der Waals surface area contributed by atoms with Gasteiger partial charge in [0.1, 0.15) is 0 Å². The lowest BCUT2D eigenvalue weighted by Crippen LogP contribution is -1.59. The molecule has 0 aliphatic rings. The van der Waals surface area contributed by atoms with E-state index in [4.69, 9.17) is 5.26 Å². The average molecular weight is 149 g/mol. The molecule has 0 atom stereocenters. The topological polar surface area (TPSA) is 23.8 Å². The molecule has 10 heavy (non-hydrogen) atoms. The van der Waals surface area contributed by atoms with E-state index in [-0.39, 0.29) is 0 Å². The summed E-state index contributed by atoms with van der Waals surface area (Å²) in [5, 5.41) is 12.3. The molecule has 1 nitrogen and oxygen atoms in total. The van der Waals surface area contributed by atoms with E-state index in [1.807, 2.05) is 35.0 Å². The van der Waals surface area contributed by atoms with Gasteiger partial charge in [-0.3, -0.25) is 0 Å². The molecule has 50 valence electrons. The van der Waals surface area contributed by atoms with E-state index in [1.165, 1.54) is 5.56 Å². The molecular formula is C8H7NS. The second-order valence-corrected chi connectivity index (χ2v) is 2.60. The van der Waals surface area contributed by atoms with Crippen LogP contribution < -0.4 is 0 Å². The summed E-state index contributed by atoms with van der Waals surface area (Å²) in [7, 11) is 0. The Morgan fingerprint density at radius 2 is 2.60 bits per heavy atom. The van der Waals surface area contributed by atoms with Gasteiger partial charge in [0.25, 0.3) is 0 Å². The predicted octanol–water partition coefficient (Wildman–Crippen LogP) is 2.67. The molecule has 1 aromatic rings. The van der Waals surface area contributed by atoms with Gasteiger partial charge >= 0.3 is 0 Å². The van der Waals surface area contributed by atoms with Crippen LogP contribution in [0.1, 0.15) is 12.0 Å². The van der Waals surface area contributed by atoms with E-state index >= 15 is 0 Å². The van der Waals surface area contributed by atoms with E-state index < -0.39 is 0 Å². The van der Waals surface area contributed by atoms with Gasteiger partial charge in [0.2, 0.25) is 0 Å². The Hall–Kier alpha value is -1.07. The van der Waals surface area contributed by atoms with Crippen LogP contribution in [0.5, 0.6) is 0 Å². The Kier molecular flexibility index (Phi) is 2.72. The fourth-order valence-corrected chi connectivity index (χ4v) is 1.25. The van der Waals surface area contributed by atoms with Crippen molar-refractivity contribution in [3.8, 4) is 6.07 Å². The van der Waals surface area contributed by atoms with Crippen LogP contribution in [0.15, 0.2) is 22.9 Å². The van der Waals surface area contributed by atoms with Crippen molar-refractivity contribution in [3.63, 3.8) is 0 Å². The van der Waals surface area contributed by atoms with Crippen molar-refractivity contribution in [3.05, 3.63) is 28.5 Å². The summed E-state index contributed by atoms with van der Waals surface area (Å²) >= 11 is 1.66. The van der Waals surface area contributed by atoms with Crippen LogP contribution in [-0.2, 0) is 0 Å². The zero-order valence-corrected chi connectivity index (χ0v) is 6.27. The SMILES string of the molecule is N#CCC=Cc1ccsc1. The highest BCUT2D eigenvalue weighted by molar-refractivity contribution is 7.08. The number of allylic oxidation sites excluding steroid dienone is 1. The molecule has 0 amide bonds. The summed E-state index contributed by atoms with van der Waals surface area (Å²) in [6.07, 6.45) is 4.32. The molecule has 1 heterocycles. The minimum absolute atomic E-state index is 0.496. The summed E-state index contributed by atoms with van der Waals surface area (Å²) in [5.41, 5.74) is 1.18. The van der Waals surface area contributed by atoms with Crippen LogP contribution in [0.3, 0.4) is 0 Å². The molecule has 2 heteroatoms. The number of thiophene rings is 1. The van der Waals surface area contributed by atoms with Crippen LogP contribution in [-0.4, -0.2) is 0 Å². The molecule has 0 spiro atoms. The summed E-state index contributed by atoms with van der Waals surface area (Å²) in [4.78, 5) is 0. The second kappa shape index (κ2) is 3.86. The first kappa shape index (κ1) is 7.04. The molecule has 0 aromatic carbocycles. The maximum Gasteiger partial charge on any atom is 0.0663 e. The monoisotopic (exact) mass is 149 g/mol. The third-order valence-electron chi connectivity index (χ3n) is 1.06. The Morgan fingerprint density at radius 1 is 1.70 bits per heavy atom. The van der Waals surface area contributed by atoms with Gasteiger partial charge in [-0.1, -0.05) is 12.2 Å². The summed E-state index contributed by atoms with van der Waals surface area (Å²) in [5.74, 6) is 0. The minimum Gasteiger partial charge on any atom is -0.198 e. The molecule has 0 N–H and O–H groups in total. The van der Waals surface area contributed by atoms with Crippen molar-refractivity contribution in [2.45, 2.75) is 6.42 Å². The van der Waals surface area contributed by atoms with Crippen molar-refractivity contribution < 1.29 is 0 Å². The molecule has 0 fully saturated rings. The molecule has 0 aliphatic carbocycles. The Balaban J connectivity index is 2.49. The smallest absolute Gasteiger partial charge is 0.0663 e. The van der Waals surface area contributed by atoms with Crippen molar-refractivity contribution in [2.75, 3.05) is 0 Å². The lowest BCUT2D eigenvalue weighted by molar-refractivity contribution is 1.36. The van der Waals surface area contributed by atoms with Gasteiger partial charge in [-0.25, -0.2) is 0 Å². The largest absolute Gasteiger partial charge is 0.198 e. The highest BCUT2D eigenvalue weighted by Gasteiger charge is 1.82. The Morgan fingerprint density at radius 3 is 3.20 bits per heavy atom. The minimum atomic E-state index is 0.496. The Labute approximate surface area is 64.2 Å². The van der Waals surface area contributed by atoms with Crippen LogP contribution in [0.25, 0.3) is 6.08 Å². The first-order valence-electron chi connectivity index (χ1n) is 2.99. The normalized spacial score (nSPS) is 9.90. The van der Waals surface area contributed by atoms with E-state index in [2.05, 4.69) is 0 Å². The lowest BCUT2D eigenvalue weighted by atomic mass is 10.3. The zero-order chi connectivity index (χ0) is 7.23. The third-order valence-corrected chi connectivity index (χ3v) is 1.76. The molecule has 1 rings (SSSR count). The van der Waals surface area contributed by atoms with Gasteiger partial charge in [-0.15, -0.1) is 0 Å². The summed E-state index contributed by atoms with van der Waals surface area (Å²) in [6.45, 7) is 0. The second-order valence-electron chi connectivity index (χ2n) is 1.82. The summed E-state index contributed by atoms with van der Waals surface area (Å²) in [6, 6.07) is 4.07. The standard InChI is InChI=1S/C8H7NS/c9-5-2-1-3-8-4-6-10-7-8/h1,3-4,6-7H,2H2. The van der Waals surface area contributed by atoms with Gasteiger partial charge in [0, 0.05) is 0 Å². The fourth-order valence-electron chi connectivity index (χ4n) is 0.618. The predicted molar refractivity (Wildman–Crippen MR) is 43.6 cm³/mol. The van der Waals surface area contributed by atoms with Crippen LogP contribution in [0.2, 0.25) is 0 Å². The van der Waals surface area contributed by atoms with E-state index in [0.717, 1.165) is 0 Å². The first-order valence-corrected chi connectivity index (χ1v) is 3.93. The maximum atomic E-state index is 8.20. The van der Waals surface area contributed by atoms with E-state index in [0.29, 0.717) is 6.42 Å². The maximum absolute atomic E-state index is 8.20. The van der Waals surface area contributed by atoms with Gasteiger partial charge < -0.3 is 0 Å². The average Bonchev–Trinajstić information content (AvgIpc) is 2.41. The molecule has 0 unspecified atom stereocenters. The van der Waals surface area contributed by atoms with E-state index in [1.54, 1.807) is 11.3 Å². The molecule has 0 radical (unpaired) electrons. The number of nitriles is 1. The van der Waals surface area contributed by atoms with Gasteiger partial charge in [0.05, 0.1) is 12.5 Å². The summed E-state index contributed by atoms with van der Waals surface area (Å²) < 4.78 is 0. The fraction of sp³-hybridized carbons (Fsp3) is 0.125. The number of hydrogen-bond donors (Lipinski definition) is 0. The number of nitrogens with zero attached hydrogens (tertiary/aromatic N) is 1. The quantitative estimate of drug-likeness (QED) is 0.634. The van der Waals surface area contributed by atoms with Crippen LogP contribution >= 0.6 is 11.3 Å². The van der Waals surface area contributed by atoms with Gasteiger partial charge in [0.15, 0.2) is 0 Å². The van der Waals surface area contributed by atoms with Crippen molar-refractivity contribution in [1.29, 1.82) is 5.26 Å². The molecule has 1 aromatic heterocycles. The highest BCUT2D eigenvalue weighted by atomic mass is 32.1. The van der Waals surface area contributed by atoms with Gasteiger partial charge in [-0.2, -0.15) is 16.6 Å². The van der Waals surface area contributed by atoms with Crippen molar-refractivity contribution in [2.24, 2.45) is 0 Å². The third kappa shape index (κ3) is 2.04. The Bertz CT molecular complexity index is 241. The zero-order valence-electron chi connectivity index (χ0n) is 5.45. The highest BCUT2D eigenvalue weighted by Crippen LogP contribution is 2.07. The number of rotatable bonds is 2. The lowest BCUT2D eigenvalue weighted by Gasteiger charge is -1.78. The molecular weight excluding hydrogens is 142 g/mol. The number of hydrogen-bond acceptors (Lipinski definition) is 2. The molecule has 0 bridgehead atoms. The molecule has 0 saturated heterocycles. The van der Waals surface area contributed by atoms with Crippen LogP contribution in [0.4, 0.5) is 0 Å².